The number of ether oxygens (including phenoxy) is 2. The fourth-order valence-corrected chi connectivity index (χ4v) is 2.53. The Hall–Kier alpha value is -1.01. The van der Waals surface area contributed by atoms with Crippen molar-refractivity contribution in [2.45, 2.75) is 18.9 Å². The van der Waals surface area contributed by atoms with E-state index in [2.05, 4.69) is 17.0 Å². The van der Waals surface area contributed by atoms with Crippen molar-refractivity contribution in [2.24, 2.45) is 5.73 Å². The van der Waals surface area contributed by atoms with Crippen LogP contribution in [0.15, 0.2) is 30.3 Å². The smallest absolute Gasteiger partial charge is 0.0746 e. The highest BCUT2D eigenvalue weighted by atomic mass is 32.1. The first-order valence-electron chi connectivity index (χ1n) is 7.24. The summed E-state index contributed by atoms with van der Waals surface area (Å²) >= 11 is 5.13. The van der Waals surface area contributed by atoms with Crippen LogP contribution in [-0.4, -0.2) is 50.4 Å². The quantitative estimate of drug-likeness (QED) is 0.502. The summed E-state index contributed by atoms with van der Waals surface area (Å²) in [7, 11) is 3.45. The van der Waals surface area contributed by atoms with Crippen LogP contribution in [0.2, 0.25) is 0 Å². The predicted molar refractivity (Wildman–Crippen MR) is 90.5 cm³/mol. The van der Waals surface area contributed by atoms with Crippen molar-refractivity contribution in [1.82, 2.24) is 4.90 Å². The minimum Gasteiger partial charge on any atom is -0.393 e. The maximum absolute atomic E-state index is 5.80. The lowest BCUT2D eigenvalue weighted by Crippen LogP contribution is -2.35. The van der Waals surface area contributed by atoms with Crippen molar-refractivity contribution in [3.05, 3.63) is 35.9 Å². The zero-order valence-corrected chi connectivity index (χ0v) is 13.8. The third-order valence-electron chi connectivity index (χ3n) is 3.40. The molecular weight excluding hydrogens is 284 g/mol. The van der Waals surface area contributed by atoms with Crippen LogP contribution in [0.1, 0.15) is 24.4 Å². The van der Waals surface area contributed by atoms with Gasteiger partial charge in [0, 0.05) is 46.4 Å². The van der Waals surface area contributed by atoms with E-state index in [1.807, 2.05) is 18.2 Å². The van der Waals surface area contributed by atoms with Gasteiger partial charge in [0.05, 0.1) is 11.6 Å². The van der Waals surface area contributed by atoms with E-state index in [-0.39, 0.29) is 6.04 Å². The van der Waals surface area contributed by atoms with E-state index in [1.165, 1.54) is 5.56 Å². The number of hydrogen-bond acceptors (Lipinski definition) is 4. The molecule has 0 aliphatic carbocycles. The van der Waals surface area contributed by atoms with E-state index in [1.54, 1.807) is 14.2 Å². The lowest BCUT2D eigenvalue weighted by molar-refractivity contribution is 0.108. The molecule has 0 spiro atoms. The van der Waals surface area contributed by atoms with Crippen molar-refractivity contribution in [3.8, 4) is 0 Å². The van der Waals surface area contributed by atoms with Gasteiger partial charge in [-0.15, -0.1) is 0 Å². The molecule has 118 valence electrons. The molecule has 0 aliphatic rings. The van der Waals surface area contributed by atoms with Crippen LogP contribution in [-0.2, 0) is 9.47 Å². The molecule has 0 radical (unpaired) electrons. The largest absolute Gasteiger partial charge is 0.393 e. The third kappa shape index (κ3) is 7.00. The molecule has 2 N–H and O–H groups in total. The van der Waals surface area contributed by atoms with Crippen LogP contribution in [0.25, 0.3) is 0 Å². The first-order valence-corrected chi connectivity index (χ1v) is 7.65. The molecule has 0 aliphatic heterocycles. The minimum absolute atomic E-state index is 0.190. The van der Waals surface area contributed by atoms with Crippen molar-refractivity contribution in [2.75, 3.05) is 40.5 Å². The van der Waals surface area contributed by atoms with Crippen LogP contribution < -0.4 is 5.73 Å². The summed E-state index contributed by atoms with van der Waals surface area (Å²) in [6, 6.07) is 10.6. The molecule has 0 heterocycles. The van der Waals surface area contributed by atoms with E-state index < -0.39 is 0 Å². The molecule has 1 aromatic carbocycles. The van der Waals surface area contributed by atoms with Gasteiger partial charge in [0.25, 0.3) is 0 Å². The Kier molecular flexibility index (Phi) is 9.17. The molecule has 0 aromatic heterocycles. The summed E-state index contributed by atoms with van der Waals surface area (Å²) in [4.78, 5) is 2.91. The molecule has 1 rings (SSSR count). The molecule has 1 unspecified atom stereocenters. The molecule has 0 bridgehead atoms. The Morgan fingerprint density at radius 2 is 1.81 bits per heavy atom. The normalized spacial score (nSPS) is 12.5. The second-order valence-electron chi connectivity index (χ2n) is 4.97. The van der Waals surface area contributed by atoms with Gasteiger partial charge < -0.3 is 15.2 Å². The summed E-state index contributed by atoms with van der Waals surface area (Å²) in [5, 5.41) is 0. The number of thiocarbonyl (C=S) groups is 1. The Bertz CT molecular complexity index is 401. The van der Waals surface area contributed by atoms with Crippen LogP contribution in [0, 0.1) is 0 Å². The first-order chi connectivity index (χ1) is 10.2. The van der Waals surface area contributed by atoms with Crippen LogP contribution >= 0.6 is 12.2 Å². The van der Waals surface area contributed by atoms with Crippen LogP contribution in [0.5, 0.6) is 0 Å². The SMILES string of the molecule is COCCCN(CCOC)C(CC(N)=S)c1ccccc1. The molecule has 5 heteroatoms. The molecule has 0 saturated carbocycles. The van der Waals surface area contributed by atoms with Gasteiger partial charge in [0.15, 0.2) is 0 Å². The predicted octanol–water partition coefficient (Wildman–Crippen LogP) is 2.39. The van der Waals surface area contributed by atoms with Crippen molar-refractivity contribution >= 4 is 17.2 Å². The number of methoxy groups -OCH3 is 2. The number of rotatable bonds is 11. The van der Waals surface area contributed by atoms with Crippen molar-refractivity contribution in [3.63, 3.8) is 0 Å². The molecule has 0 amide bonds. The zero-order valence-electron chi connectivity index (χ0n) is 13.0. The highest BCUT2D eigenvalue weighted by molar-refractivity contribution is 7.80. The highest BCUT2D eigenvalue weighted by Gasteiger charge is 2.20. The summed E-state index contributed by atoms with van der Waals surface area (Å²) in [5.41, 5.74) is 7.04. The van der Waals surface area contributed by atoms with Gasteiger partial charge in [0.1, 0.15) is 0 Å². The van der Waals surface area contributed by atoms with E-state index in [4.69, 9.17) is 27.4 Å². The third-order valence-corrected chi connectivity index (χ3v) is 3.56. The minimum atomic E-state index is 0.190. The van der Waals surface area contributed by atoms with Gasteiger partial charge in [-0.1, -0.05) is 42.5 Å². The van der Waals surface area contributed by atoms with Crippen molar-refractivity contribution < 1.29 is 9.47 Å². The van der Waals surface area contributed by atoms with E-state index in [0.717, 1.165) is 26.1 Å². The van der Waals surface area contributed by atoms with Crippen LogP contribution in [0.4, 0.5) is 0 Å². The molecule has 4 nitrogen and oxygen atoms in total. The number of benzene rings is 1. The van der Waals surface area contributed by atoms with E-state index in [9.17, 15) is 0 Å². The summed E-state index contributed by atoms with van der Waals surface area (Å²) in [5.74, 6) is 0. The Morgan fingerprint density at radius 1 is 1.14 bits per heavy atom. The topological polar surface area (TPSA) is 47.7 Å². The fraction of sp³-hybridized carbons (Fsp3) is 0.562. The number of nitrogens with zero attached hydrogens (tertiary/aromatic N) is 1. The van der Waals surface area contributed by atoms with Gasteiger partial charge in [0.2, 0.25) is 0 Å². The molecule has 1 atom stereocenters. The van der Waals surface area contributed by atoms with E-state index in [0.29, 0.717) is 18.0 Å². The molecule has 1 aromatic rings. The van der Waals surface area contributed by atoms with Crippen LogP contribution in [0.3, 0.4) is 0 Å². The zero-order chi connectivity index (χ0) is 15.5. The molecule has 21 heavy (non-hydrogen) atoms. The van der Waals surface area contributed by atoms with Gasteiger partial charge in [-0.3, -0.25) is 4.90 Å². The summed E-state index contributed by atoms with van der Waals surface area (Å²) in [6.07, 6.45) is 1.65. The standard InChI is InChI=1S/C16H26N2O2S/c1-19-11-6-9-18(10-12-20-2)15(13-16(17)21)14-7-4-3-5-8-14/h3-5,7-8,15H,6,9-13H2,1-2H3,(H2,17,21). The Balaban J connectivity index is 2.84. The summed E-state index contributed by atoms with van der Waals surface area (Å²) in [6.45, 7) is 3.22. The average molecular weight is 310 g/mol. The second-order valence-corrected chi connectivity index (χ2v) is 5.50. The molecule has 0 fully saturated rings. The summed E-state index contributed by atoms with van der Waals surface area (Å²) < 4.78 is 10.4. The van der Waals surface area contributed by atoms with Gasteiger partial charge in [-0.2, -0.15) is 0 Å². The Labute approximate surface area is 133 Å². The second kappa shape index (κ2) is 10.7. The van der Waals surface area contributed by atoms with Crippen molar-refractivity contribution in [1.29, 1.82) is 0 Å². The van der Waals surface area contributed by atoms with E-state index >= 15 is 0 Å². The fourth-order valence-electron chi connectivity index (χ4n) is 2.37. The van der Waals surface area contributed by atoms with Gasteiger partial charge in [-0.25, -0.2) is 0 Å². The lowest BCUT2D eigenvalue weighted by Gasteiger charge is -2.32. The maximum atomic E-state index is 5.80. The molecular formula is C16H26N2O2S. The first kappa shape index (κ1) is 18.0. The average Bonchev–Trinajstić information content (AvgIpc) is 2.49. The van der Waals surface area contributed by atoms with Gasteiger partial charge in [-0.05, 0) is 12.0 Å². The monoisotopic (exact) mass is 310 g/mol. The Morgan fingerprint density at radius 3 is 2.38 bits per heavy atom. The maximum Gasteiger partial charge on any atom is 0.0746 e. The number of hydrogen-bond donors (Lipinski definition) is 1. The molecule has 0 saturated heterocycles. The number of nitrogens with two attached hydrogens (primary N) is 1. The highest BCUT2D eigenvalue weighted by Crippen LogP contribution is 2.24. The lowest BCUT2D eigenvalue weighted by atomic mass is 10.0. The van der Waals surface area contributed by atoms with Gasteiger partial charge >= 0.3 is 0 Å².